The fraction of sp³-hybridized carbons (Fsp3) is 1.00. The van der Waals surface area contributed by atoms with Crippen molar-refractivity contribution in [1.82, 2.24) is 10.2 Å². The summed E-state index contributed by atoms with van der Waals surface area (Å²) in [5.74, 6) is 0. The maximum absolute atomic E-state index is 5.41. The molecule has 0 aromatic carbocycles. The summed E-state index contributed by atoms with van der Waals surface area (Å²) in [6.07, 6.45) is 5.05. The first-order valence-electron chi connectivity index (χ1n) is 7.81. The Kier molecular flexibility index (Phi) is 13.2. The molecule has 0 aliphatic heterocycles. The highest BCUT2D eigenvalue weighted by Gasteiger charge is 2.06. The number of hydrogen-bond acceptors (Lipinski definition) is 3. The Hall–Kier alpha value is -0.120. The normalized spacial score (nSPS) is 13.2. The molecule has 1 atom stereocenters. The summed E-state index contributed by atoms with van der Waals surface area (Å²) in [4.78, 5) is 2.49. The molecule has 0 radical (unpaired) electrons. The Bertz CT molecular complexity index is 165. The van der Waals surface area contributed by atoms with Crippen LogP contribution in [0.15, 0.2) is 0 Å². The van der Waals surface area contributed by atoms with Gasteiger partial charge in [0.05, 0.1) is 6.61 Å². The van der Waals surface area contributed by atoms with Crippen molar-refractivity contribution in [3.05, 3.63) is 0 Å². The van der Waals surface area contributed by atoms with E-state index in [9.17, 15) is 0 Å². The predicted molar refractivity (Wildman–Crippen MR) is 80.2 cm³/mol. The fourth-order valence-electron chi connectivity index (χ4n) is 2.13. The van der Waals surface area contributed by atoms with Crippen LogP contribution in [0.2, 0.25) is 0 Å². The van der Waals surface area contributed by atoms with E-state index >= 15 is 0 Å². The van der Waals surface area contributed by atoms with Crippen LogP contribution in [0, 0.1) is 0 Å². The second kappa shape index (κ2) is 13.3. The summed E-state index contributed by atoms with van der Waals surface area (Å²) in [6, 6.07) is 0.704. The first kappa shape index (κ1) is 17.9. The van der Waals surface area contributed by atoms with Crippen LogP contribution in [0.1, 0.15) is 53.4 Å². The van der Waals surface area contributed by atoms with E-state index in [0.29, 0.717) is 6.04 Å². The molecule has 0 aromatic heterocycles. The summed E-state index contributed by atoms with van der Waals surface area (Å²) in [7, 11) is 0. The lowest BCUT2D eigenvalue weighted by Gasteiger charge is -2.22. The smallest absolute Gasteiger partial charge is 0.0593 e. The number of nitrogens with zero attached hydrogens (tertiary/aromatic N) is 1. The number of rotatable bonds is 13. The molecular formula is C15H34N2O. The molecule has 0 spiro atoms. The van der Waals surface area contributed by atoms with Gasteiger partial charge in [0.1, 0.15) is 0 Å². The van der Waals surface area contributed by atoms with E-state index in [1.165, 1.54) is 32.2 Å². The van der Waals surface area contributed by atoms with Crippen LogP contribution < -0.4 is 5.32 Å². The molecule has 0 saturated heterocycles. The zero-order valence-electron chi connectivity index (χ0n) is 13.0. The van der Waals surface area contributed by atoms with E-state index in [-0.39, 0.29) is 0 Å². The van der Waals surface area contributed by atoms with Crippen molar-refractivity contribution in [1.29, 1.82) is 0 Å². The molecule has 0 saturated carbocycles. The average molecular weight is 258 g/mol. The fourth-order valence-corrected chi connectivity index (χ4v) is 2.13. The largest absolute Gasteiger partial charge is 0.380 e. The lowest BCUT2D eigenvalue weighted by molar-refractivity contribution is 0.114. The van der Waals surface area contributed by atoms with E-state index in [2.05, 4.69) is 37.9 Å². The summed E-state index contributed by atoms with van der Waals surface area (Å²) in [5, 5.41) is 3.62. The highest BCUT2D eigenvalue weighted by atomic mass is 16.5. The van der Waals surface area contributed by atoms with Crippen LogP contribution in [0.3, 0.4) is 0 Å². The molecule has 110 valence electrons. The van der Waals surface area contributed by atoms with Crippen LogP contribution >= 0.6 is 0 Å². The second-order valence-corrected chi connectivity index (χ2v) is 4.83. The Morgan fingerprint density at radius 1 is 1.11 bits per heavy atom. The Labute approximate surface area is 114 Å². The van der Waals surface area contributed by atoms with Crippen LogP contribution in [0.4, 0.5) is 0 Å². The molecule has 1 unspecified atom stereocenters. The first-order valence-corrected chi connectivity index (χ1v) is 7.81. The molecule has 3 heteroatoms. The van der Waals surface area contributed by atoms with Crippen LogP contribution in [-0.2, 0) is 4.74 Å². The summed E-state index contributed by atoms with van der Waals surface area (Å²) in [6.45, 7) is 15.1. The summed E-state index contributed by atoms with van der Waals surface area (Å²) >= 11 is 0. The van der Waals surface area contributed by atoms with Crippen molar-refractivity contribution in [2.45, 2.75) is 59.4 Å². The van der Waals surface area contributed by atoms with Gasteiger partial charge in [-0.2, -0.15) is 0 Å². The van der Waals surface area contributed by atoms with Crippen molar-refractivity contribution in [2.24, 2.45) is 0 Å². The molecule has 0 fully saturated rings. The number of likely N-dealkylation sites (N-methyl/N-ethyl adjacent to an activating group) is 1. The molecule has 3 nitrogen and oxygen atoms in total. The van der Waals surface area contributed by atoms with Gasteiger partial charge in [0, 0.05) is 19.2 Å². The van der Waals surface area contributed by atoms with Crippen LogP contribution in [0.25, 0.3) is 0 Å². The van der Waals surface area contributed by atoms with Crippen molar-refractivity contribution in [3.8, 4) is 0 Å². The number of nitrogens with one attached hydrogen (secondary N) is 1. The van der Waals surface area contributed by atoms with Crippen molar-refractivity contribution in [2.75, 3.05) is 39.4 Å². The molecule has 0 aromatic rings. The van der Waals surface area contributed by atoms with Gasteiger partial charge in [0.15, 0.2) is 0 Å². The number of hydrogen-bond donors (Lipinski definition) is 1. The summed E-state index contributed by atoms with van der Waals surface area (Å²) in [5.41, 5.74) is 0. The Morgan fingerprint density at radius 3 is 2.44 bits per heavy atom. The average Bonchev–Trinajstić information content (AvgIpc) is 2.40. The number of ether oxygens (including phenoxy) is 1. The minimum absolute atomic E-state index is 0.704. The molecule has 0 rings (SSSR count). The van der Waals surface area contributed by atoms with Gasteiger partial charge >= 0.3 is 0 Å². The third-order valence-electron chi connectivity index (χ3n) is 3.41. The van der Waals surface area contributed by atoms with Crippen molar-refractivity contribution in [3.63, 3.8) is 0 Å². The Balaban J connectivity index is 3.63. The third-order valence-corrected chi connectivity index (χ3v) is 3.41. The second-order valence-electron chi connectivity index (χ2n) is 4.83. The minimum Gasteiger partial charge on any atom is -0.380 e. The molecule has 0 amide bonds. The van der Waals surface area contributed by atoms with Gasteiger partial charge in [0.2, 0.25) is 0 Å². The van der Waals surface area contributed by atoms with Gasteiger partial charge in [-0.1, -0.05) is 20.8 Å². The van der Waals surface area contributed by atoms with Crippen molar-refractivity contribution >= 4 is 0 Å². The molecule has 1 N–H and O–H groups in total. The topological polar surface area (TPSA) is 24.5 Å². The Morgan fingerprint density at radius 2 is 1.89 bits per heavy atom. The molecule has 0 aliphatic carbocycles. The molecule has 0 bridgehead atoms. The van der Waals surface area contributed by atoms with Gasteiger partial charge in [-0.15, -0.1) is 0 Å². The molecule has 18 heavy (non-hydrogen) atoms. The lowest BCUT2D eigenvalue weighted by Crippen LogP contribution is -2.32. The van der Waals surface area contributed by atoms with E-state index in [4.69, 9.17) is 4.74 Å². The maximum atomic E-state index is 5.41. The monoisotopic (exact) mass is 258 g/mol. The zero-order valence-corrected chi connectivity index (χ0v) is 13.0. The van der Waals surface area contributed by atoms with Gasteiger partial charge in [0.25, 0.3) is 0 Å². The van der Waals surface area contributed by atoms with Crippen LogP contribution in [0.5, 0.6) is 0 Å². The standard InChI is InChI=1S/C15H34N2O/c1-5-11-16-15(6-2)10-9-12-17(7-3)13-14-18-8-4/h15-16H,5-14H2,1-4H3. The van der Waals surface area contributed by atoms with E-state index in [1.54, 1.807) is 0 Å². The quantitative estimate of drug-likeness (QED) is 0.514. The zero-order chi connectivity index (χ0) is 13.6. The van der Waals surface area contributed by atoms with Crippen LogP contribution in [-0.4, -0.2) is 50.3 Å². The minimum atomic E-state index is 0.704. The van der Waals surface area contributed by atoms with E-state index < -0.39 is 0 Å². The summed E-state index contributed by atoms with van der Waals surface area (Å²) < 4.78 is 5.41. The van der Waals surface area contributed by atoms with Crippen molar-refractivity contribution < 1.29 is 4.74 Å². The SMILES string of the molecule is CCCNC(CC)CCCN(CC)CCOCC. The predicted octanol–water partition coefficient (Wildman–Crippen LogP) is 2.90. The lowest BCUT2D eigenvalue weighted by atomic mass is 10.1. The molecular weight excluding hydrogens is 224 g/mol. The molecule has 0 heterocycles. The van der Waals surface area contributed by atoms with Gasteiger partial charge in [-0.25, -0.2) is 0 Å². The third kappa shape index (κ3) is 9.86. The van der Waals surface area contributed by atoms with Gasteiger partial charge in [-0.05, 0) is 52.2 Å². The van der Waals surface area contributed by atoms with E-state index in [0.717, 1.165) is 32.8 Å². The van der Waals surface area contributed by atoms with Gasteiger partial charge < -0.3 is 15.0 Å². The highest BCUT2D eigenvalue weighted by molar-refractivity contribution is 4.66. The van der Waals surface area contributed by atoms with E-state index in [1.807, 2.05) is 0 Å². The highest BCUT2D eigenvalue weighted by Crippen LogP contribution is 2.03. The first-order chi connectivity index (χ1) is 8.78. The molecule has 0 aliphatic rings. The maximum Gasteiger partial charge on any atom is 0.0593 e. The van der Waals surface area contributed by atoms with Gasteiger partial charge in [-0.3, -0.25) is 0 Å².